The van der Waals surface area contributed by atoms with Crippen LogP contribution in [-0.4, -0.2) is 8.07 Å². The largest absolute Gasteiger partial charge is 0.0693 e. The van der Waals surface area contributed by atoms with Gasteiger partial charge in [-0.25, -0.2) is 0 Å². The van der Waals surface area contributed by atoms with Crippen molar-refractivity contribution in [1.29, 1.82) is 0 Å². The molecule has 0 aliphatic carbocycles. The van der Waals surface area contributed by atoms with Crippen molar-refractivity contribution in [2.24, 2.45) is 0 Å². The first-order valence-corrected chi connectivity index (χ1v) is 4.62. The molecule has 0 atom stereocenters. The molecule has 6 heavy (non-hydrogen) atoms. The molecule has 0 bridgehead atoms. The molecule has 0 nitrogen and oxygen atoms in total. The van der Waals surface area contributed by atoms with Crippen molar-refractivity contribution in [3.8, 4) is 0 Å². The Morgan fingerprint density at radius 2 is 2.17 bits per heavy atom. The van der Waals surface area contributed by atoms with E-state index in [1.807, 2.05) is 0 Å². The van der Waals surface area contributed by atoms with Crippen molar-refractivity contribution in [2.75, 3.05) is 0 Å². The molecule has 0 aromatic carbocycles. The van der Waals surface area contributed by atoms with Crippen LogP contribution < -0.4 is 0 Å². The van der Waals surface area contributed by atoms with Crippen LogP contribution in [0.25, 0.3) is 0 Å². The van der Waals surface area contributed by atoms with Gasteiger partial charge in [0, 0.05) is 16.3 Å². The molecule has 0 radical (unpaired) electrons. The van der Waals surface area contributed by atoms with E-state index in [1.165, 1.54) is 0 Å². The van der Waals surface area contributed by atoms with Gasteiger partial charge in [0.05, 0.1) is 0 Å². The van der Waals surface area contributed by atoms with Gasteiger partial charge in [0.25, 0.3) is 0 Å². The molecule has 1 aliphatic rings. The molecule has 1 aliphatic heterocycles. The van der Waals surface area contributed by atoms with E-state index in [2.05, 4.69) is 0 Å². The van der Waals surface area contributed by atoms with Crippen LogP contribution >= 0.6 is 0 Å². The lowest BCUT2D eigenvalue weighted by Gasteiger charge is -2.31. The van der Waals surface area contributed by atoms with Gasteiger partial charge in [-0.1, -0.05) is 31.5 Å². The Hall–Kier alpha value is 0.217. The van der Waals surface area contributed by atoms with Crippen molar-refractivity contribution in [1.82, 2.24) is 0 Å². The monoisotopic (exact) mass is 106 g/mol. The van der Waals surface area contributed by atoms with E-state index in [-0.39, 0.29) is 0 Å². The van der Waals surface area contributed by atoms with E-state index in [1.54, 1.807) is 0 Å². The number of rotatable bonds is 0. The summed E-state index contributed by atoms with van der Waals surface area (Å²) < 4.78 is 43.4. The fraction of sp³-hybridized carbons (Fsp3) is 1.00. The molecule has 1 heteroatoms. The van der Waals surface area contributed by atoms with Crippen LogP contribution in [0, 0.1) is 0 Å². The lowest BCUT2D eigenvalue weighted by molar-refractivity contribution is 0.906. The normalized spacial score (nSPS) is 48.0. The number of hydrogen-bond donors (Lipinski definition) is 0. The van der Waals surface area contributed by atoms with Crippen LogP contribution in [0.4, 0.5) is 0 Å². The summed E-state index contributed by atoms with van der Waals surface area (Å²) >= 11 is 0. The second-order valence-electron chi connectivity index (χ2n) is 1.94. The highest BCUT2D eigenvalue weighted by Gasteiger charge is 2.27. The van der Waals surface area contributed by atoms with Crippen LogP contribution in [0.15, 0.2) is 0 Å². The molecule has 0 aromatic heterocycles. The zero-order valence-electron chi connectivity index (χ0n) is 9.62. The second kappa shape index (κ2) is 1.09. The van der Waals surface area contributed by atoms with E-state index < -0.39 is 21.0 Å². The summed E-state index contributed by atoms with van der Waals surface area (Å²) in [6.45, 7) is -4.40. The maximum atomic E-state index is 7.23. The lowest BCUT2D eigenvalue weighted by atomic mass is 10.5. The average Bonchev–Trinajstić information content (AvgIpc) is 1.47. The third kappa shape index (κ3) is 0.646. The Morgan fingerprint density at radius 3 is 2.17 bits per heavy atom. The second-order valence-corrected chi connectivity index (χ2v) is 5.10. The molecule has 1 rings (SSSR count). The lowest BCUT2D eigenvalue weighted by Crippen LogP contribution is -2.32. The van der Waals surface area contributed by atoms with Gasteiger partial charge < -0.3 is 0 Å². The summed E-state index contributed by atoms with van der Waals surface area (Å²) in [6.07, 6.45) is 0.781. The summed E-state index contributed by atoms with van der Waals surface area (Å²) in [7, 11) is -2.95. The highest BCUT2D eigenvalue weighted by molar-refractivity contribution is 6.79. The predicted octanol–water partition coefficient (Wildman–Crippen LogP) is 2.10. The van der Waals surface area contributed by atoms with Gasteiger partial charge in [-0.3, -0.25) is 0 Å². The third-order valence-corrected chi connectivity index (χ3v) is 3.62. The Kier molecular flexibility index (Phi) is 0.206. The van der Waals surface area contributed by atoms with Gasteiger partial charge in [-0.15, -0.1) is 0 Å². The molecule has 0 aromatic rings. The van der Waals surface area contributed by atoms with Crippen molar-refractivity contribution < 1.29 is 8.22 Å². The van der Waals surface area contributed by atoms with Crippen LogP contribution in [0.1, 0.15) is 14.6 Å². The Morgan fingerprint density at radius 1 is 1.50 bits per heavy atom. The SMILES string of the molecule is [2H]C([2H])([2H])[Si]1(C([2H])([2H])[2H])CCC1. The average molecular weight is 106 g/mol. The molecule has 0 saturated carbocycles. The molecule has 0 amide bonds. The molecule has 0 spiro atoms. The standard InChI is InChI=1S/C5H12Si/c1-6(2)4-3-5-6/h3-5H2,1-2H3/i1D3,2D3. The molecule has 1 saturated heterocycles. The minimum Gasteiger partial charge on any atom is -0.0693 e. The highest BCUT2D eigenvalue weighted by atomic mass is 28.3. The summed E-state index contributed by atoms with van der Waals surface area (Å²) in [5.74, 6) is 0. The van der Waals surface area contributed by atoms with Crippen LogP contribution in [0.3, 0.4) is 0 Å². The van der Waals surface area contributed by atoms with E-state index >= 15 is 0 Å². The molecule has 1 heterocycles. The third-order valence-electron chi connectivity index (χ3n) is 1.21. The highest BCUT2D eigenvalue weighted by Crippen LogP contribution is 2.30. The summed E-state index contributed by atoms with van der Waals surface area (Å²) in [5.41, 5.74) is 0. The van der Waals surface area contributed by atoms with Crippen LogP contribution in [-0.2, 0) is 0 Å². The topological polar surface area (TPSA) is 0 Å². The molecule has 0 unspecified atom stereocenters. The van der Waals surface area contributed by atoms with Gasteiger partial charge in [-0.05, 0) is 0 Å². The van der Waals surface area contributed by atoms with E-state index in [9.17, 15) is 0 Å². The summed E-state index contributed by atoms with van der Waals surface area (Å²) in [6, 6.07) is 0.889. The van der Waals surface area contributed by atoms with Gasteiger partial charge >= 0.3 is 0 Å². The quantitative estimate of drug-likeness (QED) is 0.415. The van der Waals surface area contributed by atoms with Crippen molar-refractivity contribution in [2.45, 2.75) is 31.5 Å². The molecular formula is C5H12Si. The summed E-state index contributed by atoms with van der Waals surface area (Å²) in [4.78, 5) is 0. The minimum absolute atomic E-state index is 0.444. The molecule has 36 valence electrons. The van der Waals surface area contributed by atoms with Crippen LogP contribution in [0.5, 0.6) is 0 Å². The smallest absolute Gasteiger partial charge is 0.0473 e. The Balaban J connectivity index is 2.92. The fourth-order valence-electron chi connectivity index (χ4n) is 0.530. The first-order chi connectivity index (χ1) is 5.21. The van der Waals surface area contributed by atoms with Gasteiger partial charge in [-0.2, -0.15) is 0 Å². The first-order valence-electron chi connectivity index (χ1n) is 5.21. The molecule has 1 fully saturated rings. The zero-order valence-corrected chi connectivity index (χ0v) is 4.62. The first kappa shape index (κ1) is 1.13. The maximum absolute atomic E-state index is 7.23. The van der Waals surface area contributed by atoms with Crippen molar-refractivity contribution in [3.05, 3.63) is 0 Å². The maximum Gasteiger partial charge on any atom is 0.0473 e. The minimum atomic E-state index is -2.95. The Labute approximate surface area is 49.0 Å². The fourth-order valence-corrected chi connectivity index (χ4v) is 1.59. The van der Waals surface area contributed by atoms with E-state index in [4.69, 9.17) is 8.22 Å². The van der Waals surface area contributed by atoms with Crippen molar-refractivity contribution in [3.63, 3.8) is 0 Å². The summed E-state index contributed by atoms with van der Waals surface area (Å²) in [5, 5.41) is 0. The predicted molar refractivity (Wildman–Crippen MR) is 31.7 cm³/mol. The van der Waals surface area contributed by atoms with Crippen molar-refractivity contribution >= 4 is 8.07 Å². The van der Waals surface area contributed by atoms with E-state index in [0.717, 1.165) is 6.42 Å². The zero-order chi connectivity index (χ0) is 9.62. The molecular weight excluding hydrogens is 88.1 g/mol. The van der Waals surface area contributed by atoms with Crippen LogP contribution in [0.2, 0.25) is 25.0 Å². The van der Waals surface area contributed by atoms with Gasteiger partial charge in [0.15, 0.2) is 0 Å². The Bertz CT molecular complexity index is 159. The number of hydrogen-bond acceptors (Lipinski definition) is 0. The van der Waals surface area contributed by atoms with Gasteiger partial charge in [0.2, 0.25) is 0 Å². The van der Waals surface area contributed by atoms with Gasteiger partial charge in [0.1, 0.15) is 0 Å². The molecule has 0 N–H and O–H groups in total. The van der Waals surface area contributed by atoms with E-state index in [0.29, 0.717) is 12.1 Å².